The number of nitrogens with zero attached hydrogens (tertiary/aromatic N) is 1. The van der Waals surface area contributed by atoms with Crippen molar-refractivity contribution in [3.63, 3.8) is 0 Å². The Morgan fingerprint density at radius 3 is 2.43 bits per heavy atom. The molecule has 0 aliphatic heterocycles. The zero-order chi connectivity index (χ0) is 16.8. The van der Waals surface area contributed by atoms with Crippen LogP contribution in [0, 0.1) is 0 Å². The minimum Gasteiger partial charge on any atom is -0.325 e. The van der Waals surface area contributed by atoms with E-state index >= 15 is 0 Å². The van der Waals surface area contributed by atoms with Crippen LogP contribution in [0.25, 0.3) is 0 Å². The number of anilines is 1. The van der Waals surface area contributed by atoms with E-state index in [1.165, 1.54) is 12.5 Å². The minimum atomic E-state index is -0.101. The third-order valence-electron chi connectivity index (χ3n) is 3.89. The van der Waals surface area contributed by atoms with Gasteiger partial charge in [-0.1, -0.05) is 42.5 Å². The lowest BCUT2D eigenvalue weighted by Gasteiger charge is -2.24. The van der Waals surface area contributed by atoms with Crippen molar-refractivity contribution in [3.8, 4) is 0 Å². The van der Waals surface area contributed by atoms with Crippen LogP contribution in [0.2, 0.25) is 0 Å². The molecule has 23 heavy (non-hydrogen) atoms. The summed E-state index contributed by atoms with van der Waals surface area (Å²) in [5.41, 5.74) is 2.40. The van der Waals surface area contributed by atoms with Gasteiger partial charge in [0, 0.05) is 17.3 Å². The van der Waals surface area contributed by atoms with Crippen LogP contribution < -0.4 is 5.32 Å². The number of ketones is 1. The van der Waals surface area contributed by atoms with E-state index < -0.39 is 0 Å². The normalized spacial score (nSPS) is 12.0. The first-order valence-corrected chi connectivity index (χ1v) is 7.63. The zero-order valence-corrected chi connectivity index (χ0v) is 13.7. The number of hydrogen-bond acceptors (Lipinski definition) is 3. The lowest BCUT2D eigenvalue weighted by molar-refractivity contribution is -0.117. The second-order valence-electron chi connectivity index (χ2n) is 5.69. The maximum absolute atomic E-state index is 12.2. The smallest absolute Gasteiger partial charge is 0.238 e. The van der Waals surface area contributed by atoms with Gasteiger partial charge in [0.05, 0.1) is 6.54 Å². The standard InChI is InChI=1S/C19H22N2O2/c1-14(16-8-5-4-6-9-16)21(3)13-19(23)20-18-11-7-10-17(12-18)15(2)22/h4-12,14H,13H2,1-3H3,(H,20,23). The monoisotopic (exact) mass is 310 g/mol. The van der Waals surface area contributed by atoms with Gasteiger partial charge in [-0.3, -0.25) is 14.5 Å². The SMILES string of the molecule is CC(=O)c1cccc(NC(=O)CN(C)C(C)c2ccccc2)c1. The van der Waals surface area contributed by atoms with E-state index in [9.17, 15) is 9.59 Å². The first kappa shape index (κ1) is 16.9. The summed E-state index contributed by atoms with van der Waals surface area (Å²) in [6.45, 7) is 3.86. The number of carbonyl (C=O) groups excluding carboxylic acids is 2. The summed E-state index contributed by atoms with van der Waals surface area (Å²) in [5, 5.41) is 2.84. The number of carbonyl (C=O) groups is 2. The van der Waals surface area contributed by atoms with Crippen molar-refractivity contribution < 1.29 is 9.59 Å². The van der Waals surface area contributed by atoms with Gasteiger partial charge in [-0.15, -0.1) is 0 Å². The van der Waals surface area contributed by atoms with E-state index in [0.717, 1.165) is 0 Å². The summed E-state index contributed by atoms with van der Waals surface area (Å²) in [7, 11) is 1.92. The van der Waals surface area contributed by atoms with Crippen LogP contribution in [0.3, 0.4) is 0 Å². The second kappa shape index (κ2) is 7.70. The van der Waals surface area contributed by atoms with E-state index in [2.05, 4.69) is 24.4 Å². The molecule has 1 atom stereocenters. The van der Waals surface area contributed by atoms with E-state index in [1.807, 2.05) is 30.1 Å². The van der Waals surface area contributed by atoms with Crippen LogP contribution in [-0.2, 0) is 4.79 Å². The van der Waals surface area contributed by atoms with Crippen molar-refractivity contribution in [3.05, 3.63) is 65.7 Å². The maximum atomic E-state index is 12.2. The van der Waals surface area contributed by atoms with Crippen molar-refractivity contribution in [2.24, 2.45) is 0 Å². The maximum Gasteiger partial charge on any atom is 0.238 e. The van der Waals surface area contributed by atoms with Gasteiger partial charge in [0.1, 0.15) is 0 Å². The summed E-state index contributed by atoms with van der Waals surface area (Å²) in [5.74, 6) is -0.119. The highest BCUT2D eigenvalue weighted by Crippen LogP contribution is 2.18. The highest BCUT2D eigenvalue weighted by atomic mass is 16.2. The van der Waals surface area contributed by atoms with Gasteiger partial charge in [-0.25, -0.2) is 0 Å². The molecule has 1 unspecified atom stereocenters. The van der Waals surface area contributed by atoms with E-state index in [4.69, 9.17) is 0 Å². The van der Waals surface area contributed by atoms with Crippen LogP contribution in [0.5, 0.6) is 0 Å². The summed E-state index contributed by atoms with van der Waals surface area (Å²) < 4.78 is 0. The summed E-state index contributed by atoms with van der Waals surface area (Å²) in [4.78, 5) is 25.6. The molecule has 0 saturated heterocycles. The van der Waals surface area contributed by atoms with Gasteiger partial charge in [-0.2, -0.15) is 0 Å². The molecule has 2 aromatic rings. The molecular formula is C19H22N2O2. The van der Waals surface area contributed by atoms with E-state index in [1.54, 1.807) is 24.3 Å². The molecule has 0 bridgehead atoms. The van der Waals surface area contributed by atoms with Crippen LogP contribution in [0.4, 0.5) is 5.69 Å². The van der Waals surface area contributed by atoms with Crippen molar-refractivity contribution in [2.75, 3.05) is 18.9 Å². The van der Waals surface area contributed by atoms with E-state index in [-0.39, 0.29) is 24.3 Å². The number of hydrogen-bond donors (Lipinski definition) is 1. The molecule has 0 fully saturated rings. The quantitative estimate of drug-likeness (QED) is 0.831. The summed E-state index contributed by atoms with van der Waals surface area (Å²) >= 11 is 0. The topological polar surface area (TPSA) is 49.4 Å². The third-order valence-corrected chi connectivity index (χ3v) is 3.89. The Kier molecular flexibility index (Phi) is 5.66. The van der Waals surface area contributed by atoms with E-state index in [0.29, 0.717) is 11.3 Å². The fraction of sp³-hybridized carbons (Fsp3) is 0.263. The fourth-order valence-electron chi connectivity index (χ4n) is 2.37. The molecule has 4 heteroatoms. The van der Waals surface area contributed by atoms with Gasteiger partial charge < -0.3 is 5.32 Å². The molecule has 2 rings (SSSR count). The third kappa shape index (κ3) is 4.76. The zero-order valence-electron chi connectivity index (χ0n) is 13.7. The fourth-order valence-corrected chi connectivity index (χ4v) is 2.37. The predicted molar refractivity (Wildman–Crippen MR) is 92.6 cm³/mol. The Labute approximate surface area is 137 Å². The number of nitrogens with one attached hydrogen (secondary N) is 1. The van der Waals surface area contributed by atoms with Crippen LogP contribution in [0.1, 0.15) is 35.8 Å². The highest BCUT2D eigenvalue weighted by molar-refractivity contribution is 5.97. The highest BCUT2D eigenvalue weighted by Gasteiger charge is 2.15. The molecule has 120 valence electrons. The molecule has 0 aliphatic carbocycles. The molecule has 4 nitrogen and oxygen atoms in total. The molecule has 0 heterocycles. The molecule has 1 N–H and O–H groups in total. The Hall–Kier alpha value is -2.46. The molecule has 2 aromatic carbocycles. The van der Waals surface area contributed by atoms with Crippen molar-refractivity contribution in [1.82, 2.24) is 4.90 Å². The lowest BCUT2D eigenvalue weighted by Crippen LogP contribution is -2.32. The van der Waals surface area contributed by atoms with Crippen molar-refractivity contribution >= 4 is 17.4 Å². The molecule has 1 amide bonds. The molecule has 0 radical (unpaired) electrons. The average Bonchev–Trinajstić information content (AvgIpc) is 2.55. The Morgan fingerprint density at radius 1 is 1.09 bits per heavy atom. The second-order valence-corrected chi connectivity index (χ2v) is 5.69. The van der Waals surface area contributed by atoms with Gasteiger partial charge in [-0.05, 0) is 38.6 Å². The Morgan fingerprint density at radius 2 is 1.78 bits per heavy atom. The molecular weight excluding hydrogens is 288 g/mol. The number of rotatable bonds is 6. The number of benzene rings is 2. The van der Waals surface area contributed by atoms with Gasteiger partial charge in [0.2, 0.25) is 5.91 Å². The molecule has 0 spiro atoms. The van der Waals surface area contributed by atoms with Crippen molar-refractivity contribution in [1.29, 1.82) is 0 Å². The number of likely N-dealkylation sites (N-methyl/N-ethyl adjacent to an activating group) is 1. The summed E-state index contributed by atoms with van der Waals surface area (Å²) in [6, 6.07) is 17.2. The minimum absolute atomic E-state index is 0.0177. The van der Waals surface area contributed by atoms with Crippen LogP contribution in [-0.4, -0.2) is 30.2 Å². The van der Waals surface area contributed by atoms with Gasteiger partial charge in [0.15, 0.2) is 5.78 Å². The van der Waals surface area contributed by atoms with Crippen LogP contribution in [0.15, 0.2) is 54.6 Å². The van der Waals surface area contributed by atoms with Gasteiger partial charge >= 0.3 is 0 Å². The van der Waals surface area contributed by atoms with Crippen molar-refractivity contribution in [2.45, 2.75) is 19.9 Å². The average molecular weight is 310 g/mol. The predicted octanol–water partition coefficient (Wildman–Crippen LogP) is 3.52. The first-order chi connectivity index (χ1) is 11.0. The number of Topliss-reactive ketones (excluding diaryl/α,β-unsaturated/α-hetero) is 1. The van der Waals surface area contributed by atoms with Gasteiger partial charge in [0.25, 0.3) is 0 Å². The molecule has 0 aromatic heterocycles. The molecule has 0 saturated carbocycles. The Balaban J connectivity index is 1.96. The first-order valence-electron chi connectivity index (χ1n) is 7.63. The van der Waals surface area contributed by atoms with Crippen LogP contribution >= 0.6 is 0 Å². The largest absolute Gasteiger partial charge is 0.325 e. The summed E-state index contributed by atoms with van der Waals surface area (Å²) in [6.07, 6.45) is 0. The molecule has 0 aliphatic rings. The number of amides is 1. The lowest BCUT2D eigenvalue weighted by atomic mass is 10.1. The Bertz CT molecular complexity index is 683.